The summed E-state index contributed by atoms with van der Waals surface area (Å²) in [6.45, 7) is 6.81. The van der Waals surface area contributed by atoms with Crippen LogP contribution < -0.4 is 5.73 Å². The Morgan fingerprint density at radius 1 is 1.38 bits per heavy atom. The Hall–Kier alpha value is -0.720. The van der Waals surface area contributed by atoms with Crippen molar-refractivity contribution in [3.8, 4) is 0 Å². The Kier molecular flexibility index (Phi) is 6.39. The molecule has 2 aliphatic heterocycles. The van der Waals surface area contributed by atoms with Gasteiger partial charge in [0.05, 0.1) is 23.6 Å². The Balaban J connectivity index is 1.84. The van der Waals surface area contributed by atoms with Crippen LogP contribution in [0, 0.1) is 5.92 Å². The molecule has 2 heterocycles. The molecule has 2 saturated heterocycles. The third-order valence-corrected chi connectivity index (χ3v) is 4.74. The molecule has 0 spiro atoms. The molecule has 0 bridgehead atoms. The van der Waals surface area contributed by atoms with Gasteiger partial charge < -0.3 is 15.4 Å². The number of rotatable bonds is 5. The van der Waals surface area contributed by atoms with E-state index < -0.39 is 0 Å². The van der Waals surface area contributed by atoms with E-state index in [0.717, 1.165) is 58.5 Å². The van der Waals surface area contributed by atoms with Gasteiger partial charge >= 0.3 is 0 Å². The fraction of sp³-hybridized carbons (Fsp3) is 0.867. The van der Waals surface area contributed by atoms with Crippen molar-refractivity contribution in [2.75, 3.05) is 39.4 Å². The quantitative estimate of drug-likeness (QED) is 0.768. The first-order valence-corrected chi connectivity index (χ1v) is 8.44. The summed E-state index contributed by atoms with van der Waals surface area (Å²) >= 11 is 5.19. The lowest BCUT2D eigenvalue weighted by atomic mass is 10.00. The van der Waals surface area contributed by atoms with E-state index in [-0.39, 0.29) is 17.9 Å². The number of hydrogen-bond donors (Lipinski definition) is 1. The Labute approximate surface area is 132 Å². The van der Waals surface area contributed by atoms with E-state index in [1.807, 2.05) is 4.90 Å². The molecule has 6 heteroatoms. The monoisotopic (exact) mass is 313 g/mol. The number of piperazine rings is 1. The lowest BCUT2D eigenvalue weighted by molar-refractivity contribution is -0.141. The topological polar surface area (TPSA) is 58.8 Å². The van der Waals surface area contributed by atoms with Crippen LogP contribution in [0.3, 0.4) is 0 Å². The zero-order valence-corrected chi connectivity index (χ0v) is 13.7. The van der Waals surface area contributed by atoms with Gasteiger partial charge in [-0.3, -0.25) is 9.69 Å². The zero-order valence-electron chi connectivity index (χ0n) is 12.9. The normalized spacial score (nSPS) is 25.6. The number of nitrogens with zero attached hydrogens (tertiary/aromatic N) is 2. The van der Waals surface area contributed by atoms with E-state index >= 15 is 0 Å². The summed E-state index contributed by atoms with van der Waals surface area (Å²) in [5.41, 5.74) is 5.86. The standard InChI is InChI=1S/C15H27N3O2S/c1-2-4-13(14(16)21)17-6-8-18(9-7-17)15(19)12-5-3-10-20-11-12/h12-13H,2-11H2,1H3,(H2,16,21). The van der Waals surface area contributed by atoms with Crippen molar-refractivity contribution in [1.29, 1.82) is 0 Å². The van der Waals surface area contributed by atoms with Crippen molar-refractivity contribution in [2.24, 2.45) is 11.7 Å². The molecule has 2 aliphatic rings. The fourth-order valence-corrected chi connectivity index (χ4v) is 3.49. The summed E-state index contributed by atoms with van der Waals surface area (Å²) in [6, 6.07) is 0.181. The molecular formula is C15H27N3O2S. The molecule has 120 valence electrons. The molecule has 21 heavy (non-hydrogen) atoms. The average molecular weight is 313 g/mol. The summed E-state index contributed by atoms with van der Waals surface area (Å²) in [7, 11) is 0. The van der Waals surface area contributed by atoms with Crippen molar-refractivity contribution in [1.82, 2.24) is 9.80 Å². The van der Waals surface area contributed by atoms with Gasteiger partial charge in [0.15, 0.2) is 0 Å². The summed E-state index contributed by atoms with van der Waals surface area (Å²) in [5.74, 6) is 0.323. The molecule has 1 amide bonds. The summed E-state index contributed by atoms with van der Waals surface area (Å²) in [5, 5.41) is 0. The van der Waals surface area contributed by atoms with Crippen molar-refractivity contribution >= 4 is 23.1 Å². The molecule has 2 unspecified atom stereocenters. The van der Waals surface area contributed by atoms with Crippen molar-refractivity contribution in [3.63, 3.8) is 0 Å². The van der Waals surface area contributed by atoms with Gasteiger partial charge in [0.1, 0.15) is 0 Å². The van der Waals surface area contributed by atoms with Crippen LogP contribution >= 0.6 is 12.2 Å². The van der Waals surface area contributed by atoms with E-state index in [1.165, 1.54) is 0 Å². The average Bonchev–Trinajstić information content (AvgIpc) is 2.53. The van der Waals surface area contributed by atoms with E-state index in [0.29, 0.717) is 11.6 Å². The molecule has 0 radical (unpaired) electrons. The lowest BCUT2D eigenvalue weighted by Crippen LogP contribution is -2.56. The second-order valence-corrected chi connectivity index (χ2v) is 6.45. The lowest BCUT2D eigenvalue weighted by Gasteiger charge is -2.40. The second-order valence-electron chi connectivity index (χ2n) is 5.98. The largest absolute Gasteiger partial charge is 0.392 e. The van der Waals surface area contributed by atoms with Crippen molar-refractivity contribution in [2.45, 2.75) is 38.6 Å². The Morgan fingerprint density at radius 3 is 2.62 bits per heavy atom. The third kappa shape index (κ3) is 4.37. The van der Waals surface area contributed by atoms with Crippen LogP contribution in [0.25, 0.3) is 0 Å². The molecule has 0 saturated carbocycles. The van der Waals surface area contributed by atoms with Crippen molar-refractivity contribution < 1.29 is 9.53 Å². The second kappa shape index (κ2) is 8.06. The summed E-state index contributed by atoms with van der Waals surface area (Å²) < 4.78 is 5.43. The minimum Gasteiger partial charge on any atom is -0.392 e. The fourth-order valence-electron chi connectivity index (χ4n) is 3.23. The first kappa shape index (κ1) is 16.6. The van der Waals surface area contributed by atoms with E-state index in [9.17, 15) is 4.79 Å². The highest BCUT2D eigenvalue weighted by molar-refractivity contribution is 7.80. The predicted octanol–water partition coefficient (Wildman–Crippen LogP) is 1.01. The molecule has 2 fully saturated rings. The minimum atomic E-state index is 0.0623. The number of thiocarbonyl (C=S) groups is 1. The molecule has 2 N–H and O–H groups in total. The van der Waals surface area contributed by atoms with Crippen molar-refractivity contribution in [3.05, 3.63) is 0 Å². The van der Waals surface area contributed by atoms with Gasteiger partial charge in [0, 0.05) is 32.8 Å². The minimum absolute atomic E-state index is 0.0623. The van der Waals surface area contributed by atoms with Gasteiger partial charge in [-0.1, -0.05) is 25.6 Å². The molecule has 0 aliphatic carbocycles. The van der Waals surface area contributed by atoms with Gasteiger partial charge in [-0.15, -0.1) is 0 Å². The van der Waals surface area contributed by atoms with Crippen LogP contribution in [-0.4, -0.2) is 66.1 Å². The van der Waals surface area contributed by atoms with E-state index in [2.05, 4.69) is 11.8 Å². The number of ether oxygens (including phenoxy) is 1. The van der Waals surface area contributed by atoms with Gasteiger partial charge in [0.25, 0.3) is 0 Å². The van der Waals surface area contributed by atoms with Gasteiger partial charge in [-0.25, -0.2) is 0 Å². The van der Waals surface area contributed by atoms with Crippen LogP contribution in [0.2, 0.25) is 0 Å². The SMILES string of the molecule is CCCC(C(N)=S)N1CCN(C(=O)C2CCCOC2)CC1. The molecule has 2 atom stereocenters. The van der Waals surface area contributed by atoms with Crippen LogP contribution in [0.15, 0.2) is 0 Å². The molecular weight excluding hydrogens is 286 g/mol. The summed E-state index contributed by atoms with van der Waals surface area (Å²) in [6.07, 6.45) is 4.03. The Morgan fingerprint density at radius 2 is 2.10 bits per heavy atom. The zero-order chi connectivity index (χ0) is 15.2. The highest BCUT2D eigenvalue weighted by Crippen LogP contribution is 2.18. The highest BCUT2D eigenvalue weighted by Gasteiger charge is 2.31. The maximum atomic E-state index is 12.5. The first-order valence-electron chi connectivity index (χ1n) is 8.03. The maximum Gasteiger partial charge on any atom is 0.228 e. The Bertz CT molecular complexity index is 364. The van der Waals surface area contributed by atoms with Crippen LogP contribution in [0.5, 0.6) is 0 Å². The molecule has 2 rings (SSSR count). The summed E-state index contributed by atoms with van der Waals surface area (Å²) in [4.78, 5) is 17.4. The molecule has 0 aromatic rings. The van der Waals surface area contributed by atoms with Crippen LogP contribution in [0.1, 0.15) is 32.6 Å². The smallest absolute Gasteiger partial charge is 0.228 e. The maximum absolute atomic E-state index is 12.5. The van der Waals surface area contributed by atoms with Crippen LogP contribution in [0.4, 0.5) is 0 Å². The molecule has 5 nitrogen and oxygen atoms in total. The van der Waals surface area contributed by atoms with Gasteiger partial charge in [0.2, 0.25) is 5.91 Å². The highest BCUT2D eigenvalue weighted by atomic mass is 32.1. The van der Waals surface area contributed by atoms with E-state index in [4.69, 9.17) is 22.7 Å². The number of carbonyl (C=O) groups is 1. The number of nitrogens with two attached hydrogens (primary N) is 1. The van der Waals surface area contributed by atoms with E-state index in [1.54, 1.807) is 0 Å². The first-order chi connectivity index (χ1) is 10.1. The van der Waals surface area contributed by atoms with Crippen LogP contribution in [-0.2, 0) is 9.53 Å². The predicted molar refractivity (Wildman–Crippen MR) is 87.2 cm³/mol. The number of amides is 1. The number of hydrogen-bond acceptors (Lipinski definition) is 4. The number of carbonyl (C=O) groups excluding carboxylic acids is 1. The molecule has 0 aromatic carbocycles. The molecule has 0 aromatic heterocycles. The van der Waals surface area contributed by atoms with Gasteiger partial charge in [-0.05, 0) is 19.3 Å². The third-order valence-electron chi connectivity index (χ3n) is 4.47. The van der Waals surface area contributed by atoms with Gasteiger partial charge in [-0.2, -0.15) is 0 Å².